The molecule has 1 heterocycles. The fourth-order valence-electron chi connectivity index (χ4n) is 3.78. The predicted octanol–water partition coefficient (Wildman–Crippen LogP) is 4.78. The second-order valence-corrected chi connectivity index (χ2v) is 8.53. The number of phenolic OH excluding ortho intramolecular Hbond substituents is 1. The Bertz CT molecular complexity index is 1490. The minimum atomic E-state index is -1.34. The van der Waals surface area contributed by atoms with Crippen LogP contribution in [0.3, 0.4) is 0 Å². The Hall–Kier alpha value is -4.73. The molecule has 0 aliphatic heterocycles. The van der Waals surface area contributed by atoms with Gasteiger partial charge in [0.1, 0.15) is 22.8 Å². The van der Waals surface area contributed by atoms with Gasteiger partial charge >= 0.3 is 5.97 Å². The van der Waals surface area contributed by atoms with E-state index in [2.05, 4.69) is 15.6 Å². The van der Waals surface area contributed by atoms with Gasteiger partial charge in [0, 0.05) is 22.4 Å². The van der Waals surface area contributed by atoms with Crippen LogP contribution in [0.2, 0.25) is 0 Å². The number of anilines is 2. The van der Waals surface area contributed by atoms with Crippen LogP contribution in [0, 0.1) is 0 Å². The molecule has 0 unspecified atom stereocenters. The number of pyridine rings is 1. The summed E-state index contributed by atoms with van der Waals surface area (Å²) in [6, 6.07) is 23.0. The summed E-state index contributed by atoms with van der Waals surface area (Å²) in [5, 5.41) is 26.1. The average Bonchev–Trinajstić information content (AvgIpc) is 2.88. The average molecular weight is 533 g/mol. The van der Waals surface area contributed by atoms with E-state index in [1.165, 1.54) is 19.1 Å². The second-order valence-electron chi connectivity index (χ2n) is 8.53. The zero-order valence-electron chi connectivity index (χ0n) is 20.2. The number of carboxylic acid groups (broad SMARTS) is 1. The number of nitrogens with zero attached hydrogens (tertiary/aromatic N) is 1. The molecule has 1 aromatic heterocycles. The van der Waals surface area contributed by atoms with Gasteiger partial charge in [-0.25, -0.2) is 9.78 Å². The van der Waals surface area contributed by atoms with Crippen molar-refractivity contribution in [2.75, 3.05) is 10.6 Å². The summed E-state index contributed by atoms with van der Waals surface area (Å²) in [6.07, 6.45) is 0.558. The number of amides is 1. The van der Waals surface area contributed by atoms with Gasteiger partial charge < -0.3 is 26.6 Å². The van der Waals surface area contributed by atoms with Crippen LogP contribution in [0.1, 0.15) is 27.6 Å². The topological polar surface area (TPSA) is 155 Å². The molecule has 0 radical (unpaired) electrons. The molecule has 0 aliphatic carbocycles. The monoisotopic (exact) mass is 532 g/mol. The number of nitrogens with one attached hydrogen (secondary N) is 2. The van der Waals surface area contributed by atoms with E-state index in [0.29, 0.717) is 28.7 Å². The first-order valence-corrected chi connectivity index (χ1v) is 11.3. The third-order valence-electron chi connectivity index (χ3n) is 5.51. The van der Waals surface area contributed by atoms with Crippen molar-refractivity contribution in [2.24, 2.45) is 5.73 Å². The van der Waals surface area contributed by atoms with Gasteiger partial charge in [-0.1, -0.05) is 42.5 Å². The third-order valence-corrected chi connectivity index (χ3v) is 5.51. The normalized spacial score (nSPS) is 11.9. The number of aromatic hydroxyl groups is 1. The molecule has 0 saturated heterocycles. The summed E-state index contributed by atoms with van der Waals surface area (Å²) in [4.78, 5) is 41.1. The maximum atomic E-state index is 12.9. The summed E-state index contributed by atoms with van der Waals surface area (Å²) in [5.41, 5.74) is 6.39. The molecule has 0 bridgehead atoms. The van der Waals surface area contributed by atoms with Crippen LogP contribution < -0.4 is 16.4 Å². The highest BCUT2D eigenvalue weighted by molar-refractivity contribution is 6.09. The summed E-state index contributed by atoms with van der Waals surface area (Å²) in [5.74, 6) is -2.11. The number of rotatable bonds is 8. The van der Waals surface area contributed by atoms with Gasteiger partial charge in [-0.05, 0) is 55.0 Å². The quantitative estimate of drug-likeness (QED) is 0.160. The van der Waals surface area contributed by atoms with Gasteiger partial charge in [-0.2, -0.15) is 0 Å². The highest BCUT2D eigenvalue weighted by Gasteiger charge is 2.24. The maximum Gasteiger partial charge on any atom is 0.340 e. The van der Waals surface area contributed by atoms with Crippen molar-refractivity contribution in [3.8, 4) is 28.1 Å². The molecule has 3 aromatic carbocycles. The Balaban J connectivity index is 0.00000400. The first-order chi connectivity index (χ1) is 17.7. The molecule has 0 spiro atoms. The molecule has 9 nitrogen and oxygen atoms in total. The third kappa shape index (κ3) is 6.15. The number of aromatic carboxylic acids is 1. The zero-order chi connectivity index (χ0) is 26.6. The molecule has 4 aromatic rings. The lowest BCUT2D eigenvalue weighted by molar-refractivity contribution is -0.111. The Morgan fingerprint density at radius 3 is 2.29 bits per heavy atom. The van der Waals surface area contributed by atoms with Gasteiger partial charge in [0.25, 0.3) is 5.91 Å². The molecule has 0 aliphatic rings. The molecular formula is C28H25ClN4O5. The lowest BCUT2D eigenvalue weighted by atomic mass is 9.96. The number of hydrogen-bond acceptors (Lipinski definition) is 7. The number of carboxylic acids is 1. The van der Waals surface area contributed by atoms with E-state index in [0.717, 1.165) is 0 Å². The molecule has 1 atom stereocenters. The van der Waals surface area contributed by atoms with Gasteiger partial charge in [0.2, 0.25) is 0 Å². The zero-order valence-corrected chi connectivity index (χ0v) is 21.0. The molecular weight excluding hydrogens is 508 g/mol. The number of nitrogens with two attached hydrogens (primary N) is 1. The van der Waals surface area contributed by atoms with E-state index in [1.807, 2.05) is 0 Å². The first kappa shape index (κ1) is 27.9. The Morgan fingerprint density at radius 1 is 0.947 bits per heavy atom. The Morgan fingerprint density at radius 2 is 1.63 bits per heavy atom. The van der Waals surface area contributed by atoms with Crippen LogP contribution in [-0.4, -0.2) is 39.0 Å². The lowest BCUT2D eigenvalue weighted by Gasteiger charge is -2.21. The van der Waals surface area contributed by atoms with Crippen molar-refractivity contribution in [1.82, 2.24) is 4.98 Å². The summed E-state index contributed by atoms with van der Waals surface area (Å²) in [7, 11) is 0. The fourth-order valence-corrected chi connectivity index (χ4v) is 3.78. The highest BCUT2D eigenvalue weighted by Crippen LogP contribution is 2.36. The van der Waals surface area contributed by atoms with E-state index in [1.54, 1.807) is 72.8 Å². The maximum absolute atomic E-state index is 12.9. The van der Waals surface area contributed by atoms with E-state index < -0.39 is 17.5 Å². The van der Waals surface area contributed by atoms with Crippen molar-refractivity contribution in [3.05, 3.63) is 96.1 Å². The van der Waals surface area contributed by atoms with Crippen LogP contribution >= 0.6 is 12.4 Å². The van der Waals surface area contributed by atoms with Gasteiger partial charge in [-0.15, -0.1) is 12.4 Å². The number of aromatic nitrogens is 1. The number of halogens is 1. The number of para-hydroxylation sites is 1. The molecule has 4 rings (SSSR count). The van der Waals surface area contributed by atoms with Crippen LogP contribution in [-0.2, 0) is 4.79 Å². The van der Waals surface area contributed by atoms with Crippen molar-refractivity contribution < 1.29 is 24.6 Å². The molecule has 0 saturated carbocycles. The SMILES string of the molecule is C[C@@](N)(C=O)Nc1cccc(-c2cc(-c3ccccc3O)nc(NC(=O)c3ccccc3)c2C(=O)O)c1.Cl. The summed E-state index contributed by atoms with van der Waals surface area (Å²) >= 11 is 0. The number of carbonyl (C=O) groups is 3. The number of hydrogen-bond donors (Lipinski definition) is 5. The Kier molecular flexibility index (Phi) is 8.46. The smallest absolute Gasteiger partial charge is 0.340 e. The number of phenols is 1. The second kappa shape index (κ2) is 11.5. The molecule has 10 heteroatoms. The van der Waals surface area contributed by atoms with Crippen molar-refractivity contribution in [3.63, 3.8) is 0 Å². The first-order valence-electron chi connectivity index (χ1n) is 11.3. The molecule has 194 valence electrons. The number of benzene rings is 3. The predicted molar refractivity (Wildman–Crippen MR) is 148 cm³/mol. The molecule has 6 N–H and O–H groups in total. The van der Waals surface area contributed by atoms with E-state index in [9.17, 15) is 24.6 Å². The lowest BCUT2D eigenvalue weighted by Crippen LogP contribution is -2.46. The van der Waals surface area contributed by atoms with Gasteiger partial charge in [0.05, 0.1) is 5.69 Å². The minimum Gasteiger partial charge on any atom is -0.507 e. The highest BCUT2D eigenvalue weighted by atomic mass is 35.5. The van der Waals surface area contributed by atoms with Crippen LogP contribution in [0.5, 0.6) is 5.75 Å². The number of carbonyl (C=O) groups excluding carboxylic acids is 2. The molecule has 0 fully saturated rings. The van der Waals surface area contributed by atoms with E-state index in [4.69, 9.17) is 5.73 Å². The molecule has 38 heavy (non-hydrogen) atoms. The van der Waals surface area contributed by atoms with Crippen LogP contribution in [0.4, 0.5) is 11.5 Å². The van der Waals surface area contributed by atoms with Gasteiger partial charge in [-0.3, -0.25) is 9.59 Å². The fraction of sp³-hybridized carbons (Fsp3) is 0.0714. The number of aldehydes is 1. The van der Waals surface area contributed by atoms with Gasteiger partial charge in [0.15, 0.2) is 6.29 Å². The summed E-state index contributed by atoms with van der Waals surface area (Å²) < 4.78 is 0. The van der Waals surface area contributed by atoms with Crippen molar-refractivity contribution in [2.45, 2.75) is 12.6 Å². The van der Waals surface area contributed by atoms with Crippen LogP contribution in [0.25, 0.3) is 22.4 Å². The van der Waals surface area contributed by atoms with Crippen molar-refractivity contribution in [1.29, 1.82) is 0 Å². The van der Waals surface area contributed by atoms with Crippen molar-refractivity contribution >= 4 is 42.1 Å². The van der Waals surface area contributed by atoms with Crippen LogP contribution in [0.15, 0.2) is 84.9 Å². The Labute approximate surface area is 224 Å². The standard InChI is InChI=1S/C28H24N4O5.ClH/c1-28(29,16-33)32-19-11-7-10-18(14-19)21-15-22(20-12-5-6-13-23(20)34)30-25(24(21)27(36)37)31-26(35)17-8-3-2-4-9-17;/h2-16,32,34H,29H2,1H3,(H,36,37)(H,30,31,35);1H/t28-;/m0./s1. The largest absolute Gasteiger partial charge is 0.507 e. The minimum absolute atomic E-state index is 0. The molecule has 1 amide bonds. The summed E-state index contributed by atoms with van der Waals surface area (Å²) in [6.45, 7) is 1.50. The van der Waals surface area contributed by atoms with E-state index in [-0.39, 0.29) is 40.8 Å². The van der Waals surface area contributed by atoms with E-state index >= 15 is 0 Å².